The number of nitrogens with zero attached hydrogens (tertiary/aromatic N) is 2. The van der Waals surface area contributed by atoms with E-state index in [1.807, 2.05) is 30.3 Å². The molecule has 0 aliphatic heterocycles. The maximum Gasteiger partial charge on any atom is 0.317 e. The summed E-state index contributed by atoms with van der Waals surface area (Å²) in [6, 6.07) is 11.2. The summed E-state index contributed by atoms with van der Waals surface area (Å²) in [5.74, 6) is 0. The number of rotatable bonds is 2. The Kier molecular flexibility index (Phi) is 3.77. The van der Waals surface area contributed by atoms with Gasteiger partial charge in [-0.15, -0.1) is 0 Å². The van der Waals surface area contributed by atoms with Crippen molar-refractivity contribution in [1.82, 2.24) is 14.5 Å². The highest BCUT2D eigenvalue weighted by atomic mass is 79.9. The van der Waals surface area contributed by atoms with Crippen LogP contribution >= 0.6 is 31.9 Å². The Morgan fingerprint density at radius 1 is 1.14 bits per heavy atom. The molecular weight excluding hydrogens is 402 g/mol. The molecule has 0 radical (unpaired) electrons. The van der Waals surface area contributed by atoms with Gasteiger partial charge in [-0.05, 0) is 43.5 Å². The Hall–Kier alpha value is -1.73. The summed E-state index contributed by atoms with van der Waals surface area (Å²) in [7, 11) is 0. The first-order chi connectivity index (χ1) is 10.1. The molecule has 0 atom stereocenters. The molecule has 1 aromatic carbocycles. The van der Waals surface area contributed by atoms with Gasteiger partial charge in [0.05, 0.1) is 17.6 Å². The predicted octanol–water partition coefficient (Wildman–Crippen LogP) is 2.66. The molecule has 2 heterocycles. The second-order valence-electron chi connectivity index (χ2n) is 4.46. The van der Waals surface area contributed by atoms with Gasteiger partial charge in [0, 0.05) is 0 Å². The fourth-order valence-electron chi connectivity index (χ4n) is 2.12. The molecule has 0 amide bonds. The number of aromatic nitrogens is 3. The highest BCUT2D eigenvalue weighted by Gasteiger charge is 2.12. The second-order valence-corrected chi connectivity index (χ2v) is 6.02. The molecule has 3 rings (SSSR count). The van der Waals surface area contributed by atoms with Crippen molar-refractivity contribution in [2.45, 2.75) is 6.54 Å². The first-order valence-electron chi connectivity index (χ1n) is 6.09. The van der Waals surface area contributed by atoms with Crippen LogP contribution in [0.3, 0.4) is 0 Å². The number of aromatic amines is 1. The number of nitrogens with one attached hydrogen (secondary N) is 1. The van der Waals surface area contributed by atoms with Crippen LogP contribution in [0.25, 0.3) is 11.0 Å². The lowest BCUT2D eigenvalue weighted by Gasteiger charge is -2.10. The fourth-order valence-corrected chi connectivity index (χ4v) is 3.25. The van der Waals surface area contributed by atoms with Crippen LogP contribution in [0.1, 0.15) is 5.56 Å². The van der Waals surface area contributed by atoms with Gasteiger partial charge in [-0.3, -0.25) is 14.2 Å². The molecule has 106 valence electrons. The number of fused-ring (bicyclic) bond motifs is 1. The fraction of sp³-hybridized carbons (Fsp3) is 0.0714. The van der Waals surface area contributed by atoms with E-state index < -0.39 is 11.1 Å². The largest absolute Gasteiger partial charge is 0.317 e. The van der Waals surface area contributed by atoms with Gasteiger partial charge in [0.25, 0.3) is 0 Å². The molecule has 0 aliphatic carbocycles. The zero-order valence-electron chi connectivity index (χ0n) is 10.6. The van der Waals surface area contributed by atoms with E-state index in [0.29, 0.717) is 26.8 Å². The molecule has 0 spiro atoms. The average Bonchev–Trinajstić information content (AvgIpc) is 2.46. The second kappa shape index (κ2) is 5.57. The molecule has 7 heteroatoms. The predicted molar refractivity (Wildman–Crippen MR) is 87.6 cm³/mol. The van der Waals surface area contributed by atoms with Crippen LogP contribution in [0.2, 0.25) is 0 Å². The van der Waals surface area contributed by atoms with E-state index in [1.165, 1.54) is 4.57 Å². The highest BCUT2D eigenvalue weighted by Crippen LogP contribution is 2.22. The smallest absolute Gasteiger partial charge is 0.314 e. The maximum absolute atomic E-state index is 12.2. The zero-order valence-corrected chi connectivity index (χ0v) is 13.8. The standard InChI is InChI=1S/C14H9Br2N3O2/c15-10-6-9-11(12(16)17-10)18-13(20)14(21)19(9)7-8-4-2-1-3-5-8/h1-6H,7H2,(H,18,20). The van der Waals surface area contributed by atoms with Gasteiger partial charge in [0.1, 0.15) is 9.21 Å². The van der Waals surface area contributed by atoms with Gasteiger partial charge < -0.3 is 4.98 Å². The van der Waals surface area contributed by atoms with Crippen molar-refractivity contribution in [3.8, 4) is 0 Å². The van der Waals surface area contributed by atoms with Crippen molar-refractivity contribution >= 4 is 42.9 Å². The van der Waals surface area contributed by atoms with E-state index in [4.69, 9.17) is 0 Å². The molecule has 0 aliphatic rings. The third-order valence-corrected chi connectivity index (χ3v) is 4.06. The van der Waals surface area contributed by atoms with Crippen LogP contribution in [-0.4, -0.2) is 14.5 Å². The number of hydrogen-bond acceptors (Lipinski definition) is 3. The molecule has 2 aromatic heterocycles. The molecule has 3 aromatic rings. The topological polar surface area (TPSA) is 67.8 Å². The number of benzene rings is 1. The maximum atomic E-state index is 12.2. The Morgan fingerprint density at radius 3 is 2.57 bits per heavy atom. The molecule has 1 N–H and O–H groups in total. The van der Waals surface area contributed by atoms with Crippen molar-refractivity contribution in [2.24, 2.45) is 0 Å². The molecule has 5 nitrogen and oxygen atoms in total. The van der Waals surface area contributed by atoms with E-state index in [2.05, 4.69) is 41.8 Å². The van der Waals surface area contributed by atoms with Gasteiger partial charge >= 0.3 is 11.1 Å². The van der Waals surface area contributed by atoms with Gasteiger partial charge in [-0.1, -0.05) is 30.3 Å². The SMILES string of the molecule is O=c1[nH]c2c(Br)nc(Br)cc2n(Cc2ccccc2)c1=O. The number of pyridine rings is 1. The summed E-state index contributed by atoms with van der Waals surface area (Å²) >= 11 is 6.60. The molecule has 0 saturated heterocycles. The first kappa shape index (κ1) is 14.2. The number of H-pyrrole nitrogens is 1. The Labute approximate surface area is 135 Å². The monoisotopic (exact) mass is 409 g/mol. The number of hydrogen-bond donors (Lipinski definition) is 1. The summed E-state index contributed by atoms with van der Waals surface area (Å²) in [5, 5.41) is 0. The number of halogens is 2. The van der Waals surface area contributed by atoms with Crippen LogP contribution in [0.5, 0.6) is 0 Å². The Bertz CT molecular complexity index is 933. The molecule has 0 fully saturated rings. The van der Waals surface area contributed by atoms with E-state index in [1.54, 1.807) is 6.07 Å². The molecule has 0 bridgehead atoms. The Balaban J connectivity index is 2.32. The van der Waals surface area contributed by atoms with Crippen molar-refractivity contribution in [3.05, 3.63) is 71.9 Å². The normalized spacial score (nSPS) is 11.0. The van der Waals surface area contributed by atoms with E-state index in [9.17, 15) is 9.59 Å². The summed E-state index contributed by atoms with van der Waals surface area (Å²) in [4.78, 5) is 30.7. The molecule has 0 saturated carbocycles. The highest BCUT2D eigenvalue weighted by molar-refractivity contribution is 9.11. The van der Waals surface area contributed by atoms with Crippen LogP contribution in [0, 0.1) is 0 Å². The third-order valence-electron chi connectivity index (χ3n) is 3.08. The molecule has 21 heavy (non-hydrogen) atoms. The van der Waals surface area contributed by atoms with Gasteiger partial charge in [-0.25, -0.2) is 4.98 Å². The lowest BCUT2D eigenvalue weighted by atomic mass is 10.2. The lowest BCUT2D eigenvalue weighted by Crippen LogP contribution is -2.36. The van der Waals surface area contributed by atoms with Crippen molar-refractivity contribution in [2.75, 3.05) is 0 Å². The lowest BCUT2D eigenvalue weighted by molar-refractivity contribution is 0.774. The summed E-state index contributed by atoms with van der Waals surface area (Å²) in [6.07, 6.45) is 0. The van der Waals surface area contributed by atoms with Crippen LogP contribution in [0.4, 0.5) is 0 Å². The molecule has 0 unspecified atom stereocenters. The summed E-state index contributed by atoms with van der Waals surface area (Å²) < 4.78 is 2.50. The quantitative estimate of drug-likeness (QED) is 0.521. The van der Waals surface area contributed by atoms with E-state index in [0.717, 1.165) is 5.56 Å². The minimum Gasteiger partial charge on any atom is -0.314 e. The van der Waals surface area contributed by atoms with Gasteiger partial charge in [0.15, 0.2) is 0 Å². The Morgan fingerprint density at radius 2 is 1.86 bits per heavy atom. The van der Waals surface area contributed by atoms with Gasteiger partial charge in [0.2, 0.25) is 0 Å². The molecular formula is C14H9Br2N3O2. The minimum absolute atomic E-state index is 0.322. The van der Waals surface area contributed by atoms with Crippen molar-refractivity contribution < 1.29 is 0 Å². The van der Waals surface area contributed by atoms with Crippen molar-refractivity contribution in [1.29, 1.82) is 0 Å². The van der Waals surface area contributed by atoms with Crippen LogP contribution in [0.15, 0.2) is 55.2 Å². The van der Waals surface area contributed by atoms with Crippen molar-refractivity contribution in [3.63, 3.8) is 0 Å². The summed E-state index contributed by atoms with van der Waals surface area (Å²) in [6.45, 7) is 0.322. The minimum atomic E-state index is -0.664. The zero-order chi connectivity index (χ0) is 15.0. The average molecular weight is 411 g/mol. The van der Waals surface area contributed by atoms with Crippen LogP contribution < -0.4 is 11.1 Å². The summed E-state index contributed by atoms with van der Waals surface area (Å²) in [5.41, 5.74) is 0.797. The third kappa shape index (κ3) is 2.71. The van der Waals surface area contributed by atoms with E-state index >= 15 is 0 Å². The van der Waals surface area contributed by atoms with E-state index in [-0.39, 0.29) is 0 Å². The first-order valence-corrected chi connectivity index (χ1v) is 7.67. The van der Waals surface area contributed by atoms with Crippen LogP contribution in [-0.2, 0) is 6.54 Å². The van der Waals surface area contributed by atoms with Gasteiger partial charge in [-0.2, -0.15) is 0 Å².